The van der Waals surface area contributed by atoms with Crippen LogP contribution in [0.5, 0.6) is 0 Å². The average molecular weight is 384 g/mol. The van der Waals surface area contributed by atoms with Crippen molar-refractivity contribution in [2.75, 3.05) is 10.6 Å². The summed E-state index contributed by atoms with van der Waals surface area (Å²) in [6.45, 7) is 8.41. The van der Waals surface area contributed by atoms with Gasteiger partial charge in [0.15, 0.2) is 0 Å². The molecule has 0 aliphatic heterocycles. The van der Waals surface area contributed by atoms with Crippen molar-refractivity contribution in [2.45, 2.75) is 4.90 Å². The standard InChI is InChI=1S/C24H21N3S/c1-16(18-8-11-21(28)12-9-18)27-23-6-4-3-5-22(23)17(2)26-20-10-7-19-13-14-25-24(19)15-20/h3-15,25-28H,1-2H2. The lowest BCUT2D eigenvalue weighted by molar-refractivity contribution is 1.43. The zero-order valence-electron chi connectivity index (χ0n) is 15.4. The minimum atomic E-state index is 0.813. The van der Waals surface area contributed by atoms with Crippen molar-refractivity contribution in [3.8, 4) is 0 Å². The van der Waals surface area contributed by atoms with Crippen molar-refractivity contribution in [3.63, 3.8) is 0 Å². The van der Waals surface area contributed by atoms with Crippen molar-refractivity contribution in [2.24, 2.45) is 0 Å². The summed E-state index contributed by atoms with van der Waals surface area (Å²) in [5, 5.41) is 8.00. The molecule has 1 aromatic heterocycles. The van der Waals surface area contributed by atoms with E-state index in [1.54, 1.807) is 0 Å². The van der Waals surface area contributed by atoms with Gasteiger partial charge in [-0.05, 0) is 47.3 Å². The molecule has 1 heterocycles. The number of rotatable bonds is 6. The second-order valence-electron chi connectivity index (χ2n) is 6.58. The van der Waals surface area contributed by atoms with Crippen molar-refractivity contribution in [3.05, 3.63) is 103 Å². The van der Waals surface area contributed by atoms with Gasteiger partial charge < -0.3 is 15.6 Å². The Hall–Kier alpha value is -3.37. The predicted octanol–water partition coefficient (Wildman–Crippen LogP) is 6.62. The Bertz CT molecular complexity index is 1160. The Morgan fingerprint density at radius 2 is 1.61 bits per heavy atom. The molecule has 0 fully saturated rings. The van der Waals surface area contributed by atoms with Crippen LogP contribution in [0.2, 0.25) is 0 Å². The maximum absolute atomic E-state index is 4.34. The lowest BCUT2D eigenvalue weighted by Gasteiger charge is -2.17. The van der Waals surface area contributed by atoms with Crippen molar-refractivity contribution in [1.82, 2.24) is 4.98 Å². The first-order valence-corrected chi connectivity index (χ1v) is 9.43. The van der Waals surface area contributed by atoms with Gasteiger partial charge in [-0.2, -0.15) is 0 Å². The number of aromatic amines is 1. The van der Waals surface area contributed by atoms with Gasteiger partial charge in [-0.15, -0.1) is 12.6 Å². The third-order valence-electron chi connectivity index (χ3n) is 4.60. The Kier molecular flexibility index (Phi) is 4.96. The topological polar surface area (TPSA) is 39.8 Å². The first-order chi connectivity index (χ1) is 13.6. The van der Waals surface area contributed by atoms with E-state index in [-0.39, 0.29) is 0 Å². The Balaban J connectivity index is 1.55. The molecule has 28 heavy (non-hydrogen) atoms. The summed E-state index contributed by atoms with van der Waals surface area (Å²) in [5.41, 5.74) is 6.65. The second-order valence-corrected chi connectivity index (χ2v) is 7.10. The molecule has 0 spiro atoms. The van der Waals surface area contributed by atoms with Crippen LogP contribution in [0.3, 0.4) is 0 Å². The van der Waals surface area contributed by atoms with Crippen LogP contribution in [0.1, 0.15) is 11.1 Å². The number of hydrogen-bond donors (Lipinski definition) is 4. The van der Waals surface area contributed by atoms with Crippen LogP contribution in [0.4, 0.5) is 11.4 Å². The molecule has 138 valence electrons. The van der Waals surface area contributed by atoms with Crippen LogP contribution in [0, 0.1) is 0 Å². The highest BCUT2D eigenvalue weighted by Gasteiger charge is 2.08. The number of aromatic nitrogens is 1. The highest BCUT2D eigenvalue weighted by Crippen LogP contribution is 2.28. The SMILES string of the molecule is C=C(Nc1ccccc1C(=C)Nc1ccc2cc[nH]c2c1)c1ccc(S)cc1. The summed E-state index contributed by atoms with van der Waals surface area (Å²) < 4.78 is 0. The molecule has 0 unspecified atom stereocenters. The molecule has 0 aliphatic rings. The number of anilines is 2. The molecule has 0 radical (unpaired) electrons. The average Bonchev–Trinajstić information content (AvgIpc) is 3.16. The third kappa shape index (κ3) is 3.82. The van der Waals surface area contributed by atoms with E-state index in [1.165, 1.54) is 5.39 Å². The van der Waals surface area contributed by atoms with Gasteiger partial charge in [0.25, 0.3) is 0 Å². The fraction of sp³-hybridized carbons (Fsp3) is 0. The van der Waals surface area contributed by atoms with Gasteiger partial charge in [0.2, 0.25) is 0 Å². The molecule has 0 saturated carbocycles. The molecule has 4 heteroatoms. The second kappa shape index (κ2) is 7.71. The number of hydrogen-bond acceptors (Lipinski definition) is 3. The van der Waals surface area contributed by atoms with Gasteiger partial charge in [-0.25, -0.2) is 0 Å². The van der Waals surface area contributed by atoms with E-state index in [0.717, 1.165) is 44.3 Å². The molecule has 3 nitrogen and oxygen atoms in total. The van der Waals surface area contributed by atoms with E-state index in [0.29, 0.717) is 0 Å². The van der Waals surface area contributed by atoms with Crippen molar-refractivity contribution in [1.29, 1.82) is 0 Å². The van der Waals surface area contributed by atoms with E-state index in [1.807, 2.05) is 54.7 Å². The van der Waals surface area contributed by atoms with E-state index in [9.17, 15) is 0 Å². The monoisotopic (exact) mass is 383 g/mol. The van der Waals surface area contributed by atoms with Gasteiger partial charge in [0.05, 0.1) is 0 Å². The molecule has 3 aromatic carbocycles. The minimum Gasteiger partial charge on any atom is -0.361 e. The van der Waals surface area contributed by atoms with Gasteiger partial charge in [0.1, 0.15) is 0 Å². The molecule has 0 aliphatic carbocycles. The van der Waals surface area contributed by atoms with Crippen LogP contribution in [0.15, 0.2) is 97.0 Å². The van der Waals surface area contributed by atoms with Crippen LogP contribution in [0.25, 0.3) is 22.3 Å². The van der Waals surface area contributed by atoms with Crippen LogP contribution >= 0.6 is 12.6 Å². The first-order valence-electron chi connectivity index (χ1n) is 8.98. The Morgan fingerprint density at radius 1 is 0.821 bits per heavy atom. The van der Waals surface area contributed by atoms with Crippen molar-refractivity contribution >= 4 is 46.3 Å². The van der Waals surface area contributed by atoms with Gasteiger partial charge in [0, 0.05) is 44.9 Å². The Morgan fingerprint density at radius 3 is 2.43 bits per heavy atom. The molecule has 0 amide bonds. The number of nitrogens with one attached hydrogen (secondary N) is 3. The molecule has 4 rings (SSSR count). The first kappa shape index (κ1) is 18.0. The summed E-state index contributed by atoms with van der Waals surface area (Å²) in [4.78, 5) is 4.16. The zero-order chi connectivity index (χ0) is 19.5. The summed E-state index contributed by atoms with van der Waals surface area (Å²) in [6.07, 6.45) is 1.94. The zero-order valence-corrected chi connectivity index (χ0v) is 16.3. The van der Waals surface area contributed by atoms with Crippen LogP contribution < -0.4 is 10.6 Å². The van der Waals surface area contributed by atoms with E-state index < -0.39 is 0 Å². The number of thiol groups is 1. The van der Waals surface area contributed by atoms with E-state index in [2.05, 4.69) is 65.7 Å². The van der Waals surface area contributed by atoms with Crippen molar-refractivity contribution < 1.29 is 0 Å². The van der Waals surface area contributed by atoms with Gasteiger partial charge in [-0.1, -0.05) is 49.6 Å². The lowest BCUT2D eigenvalue weighted by Crippen LogP contribution is -2.04. The quantitative estimate of drug-likeness (QED) is 0.283. The Labute approximate surface area is 170 Å². The lowest BCUT2D eigenvalue weighted by atomic mass is 10.1. The summed E-state index contributed by atoms with van der Waals surface area (Å²) in [6, 6.07) is 24.2. The minimum absolute atomic E-state index is 0.813. The third-order valence-corrected chi connectivity index (χ3v) is 4.90. The number of H-pyrrole nitrogens is 1. The normalized spacial score (nSPS) is 10.6. The van der Waals surface area contributed by atoms with E-state index >= 15 is 0 Å². The largest absolute Gasteiger partial charge is 0.361 e. The molecular formula is C24H21N3S. The van der Waals surface area contributed by atoms with Gasteiger partial charge in [-0.3, -0.25) is 0 Å². The van der Waals surface area contributed by atoms with Gasteiger partial charge >= 0.3 is 0 Å². The number of para-hydroxylation sites is 1. The summed E-state index contributed by atoms with van der Waals surface area (Å²) in [7, 11) is 0. The van der Waals surface area contributed by atoms with Crippen LogP contribution in [-0.2, 0) is 0 Å². The summed E-state index contributed by atoms with van der Waals surface area (Å²) >= 11 is 4.34. The molecule has 0 atom stereocenters. The van der Waals surface area contributed by atoms with Crippen LogP contribution in [-0.4, -0.2) is 4.98 Å². The highest BCUT2D eigenvalue weighted by molar-refractivity contribution is 7.80. The predicted molar refractivity (Wildman–Crippen MR) is 124 cm³/mol. The summed E-state index contributed by atoms with van der Waals surface area (Å²) in [5.74, 6) is 0. The molecule has 3 N–H and O–H groups in total. The maximum Gasteiger partial charge on any atom is 0.0478 e. The number of benzene rings is 3. The molecule has 0 bridgehead atoms. The molecular weight excluding hydrogens is 362 g/mol. The maximum atomic E-state index is 4.34. The number of fused-ring (bicyclic) bond motifs is 1. The highest BCUT2D eigenvalue weighted by atomic mass is 32.1. The molecule has 0 saturated heterocycles. The fourth-order valence-electron chi connectivity index (χ4n) is 3.12. The molecule has 4 aromatic rings. The smallest absolute Gasteiger partial charge is 0.0478 e. The van der Waals surface area contributed by atoms with E-state index in [4.69, 9.17) is 0 Å². The fourth-order valence-corrected chi connectivity index (χ4v) is 3.27.